The van der Waals surface area contributed by atoms with E-state index in [1.165, 1.54) is 24.3 Å². The number of H-pyrrole nitrogens is 1. The molecule has 1 aliphatic rings. The Morgan fingerprint density at radius 1 is 1.21 bits per heavy atom. The second-order valence-corrected chi connectivity index (χ2v) is 7.81. The zero-order chi connectivity index (χ0) is 20.3. The third kappa shape index (κ3) is 2.75. The number of anilines is 1. The van der Waals surface area contributed by atoms with E-state index in [1.807, 2.05) is 0 Å². The maximum absolute atomic E-state index is 14.9. The third-order valence-corrected chi connectivity index (χ3v) is 5.98. The number of nitrogens with one attached hydrogen (secondary N) is 1. The fraction of sp³-hybridized carbons (Fsp3) is 0.211. The van der Waals surface area contributed by atoms with E-state index in [0.29, 0.717) is 30.0 Å². The van der Waals surface area contributed by atoms with Crippen LogP contribution in [0.5, 0.6) is 0 Å². The van der Waals surface area contributed by atoms with Gasteiger partial charge in [0.2, 0.25) is 5.43 Å². The van der Waals surface area contributed by atoms with Crippen molar-refractivity contribution >= 4 is 38.6 Å². The molecule has 5 rings (SSSR count). The van der Waals surface area contributed by atoms with Crippen LogP contribution in [0.25, 0.3) is 26.9 Å². The lowest BCUT2D eigenvalue weighted by molar-refractivity contribution is 0.617. The Bertz CT molecular complexity index is 1380. The van der Waals surface area contributed by atoms with Crippen molar-refractivity contribution in [3.8, 4) is 5.69 Å². The summed E-state index contributed by atoms with van der Waals surface area (Å²) < 4.78 is 32.4. The van der Waals surface area contributed by atoms with Gasteiger partial charge in [-0.2, -0.15) is 0 Å². The Morgan fingerprint density at radius 3 is 2.66 bits per heavy atom. The van der Waals surface area contributed by atoms with Gasteiger partial charge in [-0.15, -0.1) is 0 Å². The van der Waals surface area contributed by atoms with Gasteiger partial charge in [-0.05, 0) is 48.3 Å². The van der Waals surface area contributed by atoms with Gasteiger partial charge in [0, 0.05) is 24.8 Å². The van der Waals surface area contributed by atoms with Crippen LogP contribution in [0.15, 0.2) is 39.9 Å². The van der Waals surface area contributed by atoms with E-state index in [-0.39, 0.29) is 28.3 Å². The molecule has 1 aromatic carbocycles. The summed E-state index contributed by atoms with van der Waals surface area (Å²) in [5.74, 6) is -0.980. The maximum Gasteiger partial charge on any atom is 0.271 e. The highest BCUT2D eigenvalue weighted by atomic mass is 32.1. The van der Waals surface area contributed by atoms with Gasteiger partial charge in [-0.3, -0.25) is 18.5 Å². The second-order valence-electron chi connectivity index (χ2n) is 7.01. The molecular weight excluding hydrogens is 400 g/mol. The third-order valence-electron chi connectivity index (χ3n) is 5.11. The van der Waals surface area contributed by atoms with E-state index < -0.39 is 22.6 Å². The predicted molar refractivity (Wildman–Crippen MR) is 108 cm³/mol. The van der Waals surface area contributed by atoms with Gasteiger partial charge in [0.25, 0.3) is 5.56 Å². The van der Waals surface area contributed by atoms with Crippen LogP contribution in [-0.2, 0) is 0 Å². The minimum atomic E-state index is -0.652. The first-order valence-corrected chi connectivity index (χ1v) is 9.78. The molecule has 1 unspecified atom stereocenters. The molecule has 0 aliphatic carbocycles. The Morgan fingerprint density at radius 2 is 1.97 bits per heavy atom. The van der Waals surface area contributed by atoms with Crippen molar-refractivity contribution in [3.05, 3.63) is 62.5 Å². The lowest BCUT2D eigenvalue weighted by Gasteiger charge is -2.19. The zero-order valence-electron chi connectivity index (χ0n) is 15.0. The molecule has 0 bridgehead atoms. The summed E-state index contributed by atoms with van der Waals surface area (Å²) in [6.45, 7) is 1.01. The molecule has 4 aromatic rings. The SMILES string of the molecule is NC1CCN(c2nc3c(cc2F)c(=O)c2c(=O)[nH]sc2n3-c2ccc(F)cc2)C1. The molecule has 1 aliphatic heterocycles. The average molecular weight is 415 g/mol. The van der Waals surface area contributed by atoms with Gasteiger partial charge in [0.05, 0.1) is 5.39 Å². The summed E-state index contributed by atoms with van der Waals surface area (Å²) in [5.41, 5.74) is 5.49. The van der Waals surface area contributed by atoms with E-state index >= 15 is 0 Å². The predicted octanol–water partition coefficient (Wildman–Crippen LogP) is 2.10. The molecule has 3 N–H and O–H groups in total. The monoisotopic (exact) mass is 415 g/mol. The molecule has 0 radical (unpaired) electrons. The first kappa shape index (κ1) is 18.0. The number of pyridine rings is 2. The maximum atomic E-state index is 14.9. The topological polar surface area (TPSA) is 97.0 Å². The lowest BCUT2D eigenvalue weighted by Crippen LogP contribution is -2.28. The Balaban J connectivity index is 1.90. The van der Waals surface area contributed by atoms with Crippen LogP contribution >= 0.6 is 11.5 Å². The number of aromatic amines is 1. The van der Waals surface area contributed by atoms with Crippen molar-refractivity contribution in [2.45, 2.75) is 12.5 Å². The van der Waals surface area contributed by atoms with Gasteiger partial charge < -0.3 is 10.6 Å². The first-order valence-electron chi connectivity index (χ1n) is 8.97. The van der Waals surface area contributed by atoms with Gasteiger partial charge in [-0.1, -0.05) is 0 Å². The molecule has 148 valence electrons. The number of halogens is 2. The molecular formula is C19H15F2N5O2S. The number of aromatic nitrogens is 3. The molecule has 10 heteroatoms. The minimum absolute atomic E-state index is 0.0181. The molecule has 1 atom stereocenters. The van der Waals surface area contributed by atoms with E-state index in [9.17, 15) is 18.4 Å². The Labute approximate surface area is 166 Å². The summed E-state index contributed by atoms with van der Waals surface area (Å²) in [6, 6.07) is 6.59. The summed E-state index contributed by atoms with van der Waals surface area (Å²) in [5, 5.41) is -0.0977. The van der Waals surface area contributed by atoms with Crippen LogP contribution in [0, 0.1) is 11.6 Å². The molecule has 7 nitrogen and oxygen atoms in total. The summed E-state index contributed by atoms with van der Waals surface area (Å²) in [4.78, 5) is 31.7. The molecule has 0 saturated carbocycles. The second kappa shape index (κ2) is 6.46. The van der Waals surface area contributed by atoms with E-state index in [1.54, 1.807) is 9.47 Å². The number of nitrogens with zero attached hydrogens (tertiary/aromatic N) is 3. The van der Waals surface area contributed by atoms with Crippen LogP contribution in [0.3, 0.4) is 0 Å². The quantitative estimate of drug-likeness (QED) is 0.523. The molecule has 0 spiro atoms. The van der Waals surface area contributed by atoms with Crippen molar-refractivity contribution in [1.82, 2.24) is 13.9 Å². The Hall–Kier alpha value is -3.11. The number of nitrogens with two attached hydrogens (primary N) is 1. The van der Waals surface area contributed by atoms with Crippen LogP contribution in [-0.4, -0.2) is 33.1 Å². The number of hydrogen-bond acceptors (Lipinski definition) is 6. The normalized spacial score (nSPS) is 16.9. The van der Waals surface area contributed by atoms with Crippen LogP contribution in [0.4, 0.5) is 14.6 Å². The van der Waals surface area contributed by atoms with Crippen molar-refractivity contribution in [3.63, 3.8) is 0 Å². The summed E-state index contributed by atoms with van der Waals surface area (Å²) in [7, 11) is 0. The van der Waals surface area contributed by atoms with Crippen LogP contribution in [0.2, 0.25) is 0 Å². The van der Waals surface area contributed by atoms with E-state index in [4.69, 9.17) is 5.73 Å². The number of rotatable bonds is 2. The van der Waals surface area contributed by atoms with Gasteiger partial charge in [0.15, 0.2) is 17.3 Å². The minimum Gasteiger partial charge on any atom is -0.353 e. The first-order chi connectivity index (χ1) is 13.9. The smallest absolute Gasteiger partial charge is 0.271 e. The molecule has 29 heavy (non-hydrogen) atoms. The fourth-order valence-electron chi connectivity index (χ4n) is 3.72. The highest BCUT2D eigenvalue weighted by Gasteiger charge is 2.26. The highest BCUT2D eigenvalue weighted by Crippen LogP contribution is 2.28. The average Bonchev–Trinajstić information content (AvgIpc) is 3.29. The van der Waals surface area contributed by atoms with E-state index in [0.717, 1.165) is 17.6 Å². The zero-order valence-corrected chi connectivity index (χ0v) is 15.8. The number of benzene rings is 1. The molecule has 1 saturated heterocycles. The van der Waals surface area contributed by atoms with E-state index in [2.05, 4.69) is 9.36 Å². The van der Waals surface area contributed by atoms with Gasteiger partial charge in [0.1, 0.15) is 16.0 Å². The standard InChI is InChI=1S/C19H15F2N5O2S/c20-9-1-3-11(4-2-9)26-16-12(15(27)14-18(28)24-29-19(14)26)7-13(21)17(23-16)25-6-5-10(22)8-25/h1-4,7,10H,5-6,8,22H2,(H,24,28). The van der Waals surface area contributed by atoms with Crippen molar-refractivity contribution < 1.29 is 8.78 Å². The molecule has 3 aromatic heterocycles. The van der Waals surface area contributed by atoms with Gasteiger partial charge >= 0.3 is 0 Å². The van der Waals surface area contributed by atoms with Crippen molar-refractivity contribution in [2.75, 3.05) is 18.0 Å². The van der Waals surface area contributed by atoms with Crippen LogP contribution in [0.1, 0.15) is 6.42 Å². The number of hydrogen-bond donors (Lipinski definition) is 2. The lowest BCUT2D eigenvalue weighted by atomic mass is 10.2. The molecule has 1 fully saturated rings. The largest absolute Gasteiger partial charge is 0.353 e. The summed E-state index contributed by atoms with van der Waals surface area (Å²) in [6.07, 6.45) is 0.711. The molecule has 0 amide bonds. The Kier molecular flexibility index (Phi) is 4.00. The van der Waals surface area contributed by atoms with Crippen molar-refractivity contribution in [2.24, 2.45) is 5.73 Å². The van der Waals surface area contributed by atoms with Gasteiger partial charge in [-0.25, -0.2) is 13.8 Å². The van der Waals surface area contributed by atoms with Crippen LogP contribution < -0.4 is 21.6 Å². The highest BCUT2D eigenvalue weighted by molar-refractivity contribution is 7.12. The summed E-state index contributed by atoms with van der Waals surface area (Å²) >= 11 is 0.976. The number of fused-ring (bicyclic) bond motifs is 2. The van der Waals surface area contributed by atoms with Crippen molar-refractivity contribution in [1.29, 1.82) is 0 Å². The molecule has 4 heterocycles. The fourth-order valence-corrected chi connectivity index (χ4v) is 4.58.